The normalized spacial score (nSPS) is 12.5. The Morgan fingerprint density at radius 1 is 1.33 bits per heavy atom. The van der Waals surface area contributed by atoms with Gasteiger partial charge in [0.2, 0.25) is 0 Å². The van der Waals surface area contributed by atoms with Crippen LogP contribution in [0.4, 0.5) is 0 Å². The zero-order chi connectivity index (χ0) is 13.5. The van der Waals surface area contributed by atoms with Gasteiger partial charge in [0.25, 0.3) is 0 Å². The second kappa shape index (κ2) is 7.13. The summed E-state index contributed by atoms with van der Waals surface area (Å²) in [5.41, 5.74) is 1.59. The highest BCUT2D eigenvalue weighted by Gasteiger charge is 2.15. The van der Waals surface area contributed by atoms with Gasteiger partial charge in [-0.1, -0.05) is 18.2 Å². The molecule has 1 aromatic carbocycles. The molecule has 0 aromatic heterocycles. The predicted molar refractivity (Wildman–Crippen MR) is 70.6 cm³/mol. The van der Waals surface area contributed by atoms with Crippen LogP contribution in [0.3, 0.4) is 0 Å². The molecular weight excluding hydrogens is 230 g/mol. The predicted octanol–water partition coefficient (Wildman–Crippen LogP) is 1.94. The van der Waals surface area contributed by atoms with Crippen LogP contribution in [-0.4, -0.2) is 44.8 Å². The first-order valence-electron chi connectivity index (χ1n) is 5.95. The van der Waals surface area contributed by atoms with E-state index in [1.165, 1.54) is 7.11 Å². The van der Waals surface area contributed by atoms with Crippen molar-refractivity contribution >= 4 is 5.97 Å². The lowest BCUT2D eigenvalue weighted by Gasteiger charge is -2.24. The summed E-state index contributed by atoms with van der Waals surface area (Å²) in [5.74, 6) is -0.293. The maximum Gasteiger partial charge on any atom is 0.338 e. The topological polar surface area (TPSA) is 38.8 Å². The first-order valence-corrected chi connectivity index (χ1v) is 5.95. The molecule has 1 rings (SSSR count). The first-order chi connectivity index (χ1) is 8.60. The Morgan fingerprint density at radius 3 is 2.61 bits per heavy atom. The minimum atomic E-state index is -0.293. The maximum atomic E-state index is 11.6. The van der Waals surface area contributed by atoms with Crippen LogP contribution in [0.5, 0.6) is 0 Å². The van der Waals surface area contributed by atoms with Crippen molar-refractivity contribution in [2.75, 3.05) is 27.9 Å². The molecule has 0 amide bonds. The van der Waals surface area contributed by atoms with Gasteiger partial charge in [-0.15, -0.1) is 0 Å². The molecule has 4 heteroatoms. The fourth-order valence-corrected chi connectivity index (χ4v) is 1.76. The minimum absolute atomic E-state index is 0.292. The number of hydrogen-bond donors (Lipinski definition) is 0. The van der Waals surface area contributed by atoms with Gasteiger partial charge < -0.3 is 9.47 Å². The third kappa shape index (κ3) is 3.82. The van der Waals surface area contributed by atoms with E-state index in [1.54, 1.807) is 13.2 Å². The quantitative estimate of drug-likeness (QED) is 0.724. The van der Waals surface area contributed by atoms with Crippen molar-refractivity contribution in [3.8, 4) is 0 Å². The van der Waals surface area contributed by atoms with Gasteiger partial charge in [0.1, 0.15) is 0 Å². The molecule has 0 bridgehead atoms. The van der Waals surface area contributed by atoms with Crippen molar-refractivity contribution in [3.63, 3.8) is 0 Å². The summed E-state index contributed by atoms with van der Waals surface area (Å²) in [5, 5.41) is 0. The molecule has 100 valence electrons. The molecule has 0 spiro atoms. The summed E-state index contributed by atoms with van der Waals surface area (Å²) in [6.45, 7) is 3.44. The van der Waals surface area contributed by atoms with E-state index < -0.39 is 0 Å². The number of rotatable bonds is 6. The fraction of sp³-hybridized carbons (Fsp3) is 0.500. The van der Waals surface area contributed by atoms with Crippen molar-refractivity contribution in [2.45, 2.75) is 19.5 Å². The molecule has 1 aromatic rings. The number of hydrogen-bond acceptors (Lipinski definition) is 4. The van der Waals surface area contributed by atoms with Crippen LogP contribution in [0.1, 0.15) is 22.8 Å². The van der Waals surface area contributed by atoms with E-state index in [-0.39, 0.29) is 5.97 Å². The summed E-state index contributed by atoms with van der Waals surface area (Å²) in [7, 11) is 5.10. The number of nitrogens with zero attached hydrogens (tertiary/aromatic N) is 1. The number of likely N-dealkylation sites (N-methyl/N-ethyl adjacent to an activating group) is 1. The highest BCUT2D eigenvalue weighted by molar-refractivity contribution is 5.90. The first kappa shape index (κ1) is 14.7. The van der Waals surface area contributed by atoms with Crippen molar-refractivity contribution in [1.82, 2.24) is 4.90 Å². The van der Waals surface area contributed by atoms with Crippen molar-refractivity contribution in [3.05, 3.63) is 35.4 Å². The van der Waals surface area contributed by atoms with E-state index >= 15 is 0 Å². The van der Waals surface area contributed by atoms with E-state index in [0.717, 1.165) is 5.56 Å². The summed E-state index contributed by atoms with van der Waals surface area (Å²) >= 11 is 0. The largest absolute Gasteiger partial charge is 0.465 e. The lowest BCUT2D eigenvalue weighted by molar-refractivity contribution is 0.0597. The molecule has 0 aliphatic rings. The number of carbonyl (C=O) groups is 1. The molecule has 0 saturated carbocycles. The fourth-order valence-electron chi connectivity index (χ4n) is 1.76. The SMILES string of the molecule is COCC(C)N(C)Cc1ccccc1C(=O)OC. The Hall–Kier alpha value is -1.39. The van der Waals surface area contributed by atoms with Gasteiger partial charge in [-0.05, 0) is 25.6 Å². The standard InChI is InChI=1S/C14H21NO3/c1-11(10-17-3)15(2)9-12-7-5-6-8-13(12)14(16)18-4/h5-8,11H,9-10H2,1-4H3. The summed E-state index contributed by atoms with van der Waals surface area (Å²) in [6.07, 6.45) is 0. The van der Waals surface area contributed by atoms with E-state index in [9.17, 15) is 4.79 Å². The minimum Gasteiger partial charge on any atom is -0.465 e. The Balaban J connectivity index is 2.80. The van der Waals surface area contributed by atoms with Gasteiger partial charge in [0.05, 0.1) is 19.3 Å². The van der Waals surface area contributed by atoms with E-state index in [2.05, 4.69) is 11.8 Å². The van der Waals surface area contributed by atoms with Crippen LogP contribution in [0.25, 0.3) is 0 Å². The number of benzene rings is 1. The lowest BCUT2D eigenvalue weighted by atomic mass is 10.1. The van der Waals surface area contributed by atoms with Crippen molar-refractivity contribution in [2.24, 2.45) is 0 Å². The Kier molecular flexibility index (Phi) is 5.82. The molecule has 1 unspecified atom stereocenters. The molecule has 0 fully saturated rings. The number of methoxy groups -OCH3 is 2. The Labute approximate surface area is 108 Å². The van der Waals surface area contributed by atoms with E-state index in [1.807, 2.05) is 25.2 Å². The number of ether oxygens (including phenoxy) is 2. The van der Waals surface area contributed by atoms with Crippen LogP contribution in [0, 0.1) is 0 Å². The molecule has 0 N–H and O–H groups in total. The second-order valence-corrected chi connectivity index (χ2v) is 4.37. The molecule has 4 nitrogen and oxygen atoms in total. The van der Waals surface area contributed by atoms with Gasteiger partial charge in [0, 0.05) is 19.7 Å². The zero-order valence-electron chi connectivity index (χ0n) is 11.5. The van der Waals surface area contributed by atoms with Crippen LogP contribution < -0.4 is 0 Å². The van der Waals surface area contributed by atoms with Gasteiger partial charge in [-0.3, -0.25) is 4.90 Å². The molecule has 18 heavy (non-hydrogen) atoms. The summed E-state index contributed by atoms with van der Waals surface area (Å²) < 4.78 is 9.91. The summed E-state index contributed by atoms with van der Waals surface area (Å²) in [4.78, 5) is 13.8. The monoisotopic (exact) mass is 251 g/mol. The van der Waals surface area contributed by atoms with Crippen LogP contribution >= 0.6 is 0 Å². The third-order valence-electron chi connectivity index (χ3n) is 3.00. The van der Waals surface area contributed by atoms with Crippen molar-refractivity contribution in [1.29, 1.82) is 0 Å². The molecule has 0 heterocycles. The maximum absolute atomic E-state index is 11.6. The van der Waals surface area contributed by atoms with Gasteiger partial charge in [0.15, 0.2) is 0 Å². The smallest absolute Gasteiger partial charge is 0.338 e. The summed E-state index contributed by atoms with van der Waals surface area (Å²) in [6, 6.07) is 7.80. The molecule has 1 atom stereocenters. The Bertz CT molecular complexity index is 392. The van der Waals surface area contributed by atoms with Crippen LogP contribution in [0.15, 0.2) is 24.3 Å². The van der Waals surface area contributed by atoms with Crippen LogP contribution in [0.2, 0.25) is 0 Å². The van der Waals surface area contributed by atoms with Crippen LogP contribution in [-0.2, 0) is 16.0 Å². The highest BCUT2D eigenvalue weighted by atomic mass is 16.5. The molecular formula is C14H21NO3. The molecule has 0 saturated heterocycles. The lowest BCUT2D eigenvalue weighted by Crippen LogP contribution is -2.32. The van der Waals surface area contributed by atoms with E-state index in [0.29, 0.717) is 24.8 Å². The second-order valence-electron chi connectivity index (χ2n) is 4.37. The molecule has 0 radical (unpaired) electrons. The molecule has 0 aliphatic heterocycles. The van der Waals surface area contributed by atoms with Crippen molar-refractivity contribution < 1.29 is 14.3 Å². The third-order valence-corrected chi connectivity index (χ3v) is 3.00. The molecule has 0 aliphatic carbocycles. The average molecular weight is 251 g/mol. The zero-order valence-corrected chi connectivity index (χ0v) is 11.5. The Morgan fingerprint density at radius 2 is 2.00 bits per heavy atom. The van der Waals surface area contributed by atoms with Gasteiger partial charge in [-0.25, -0.2) is 4.79 Å². The number of carbonyl (C=O) groups excluding carboxylic acids is 1. The number of esters is 1. The average Bonchev–Trinajstić information content (AvgIpc) is 2.38. The van der Waals surface area contributed by atoms with E-state index in [4.69, 9.17) is 9.47 Å². The highest BCUT2D eigenvalue weighted by Crippen LogP contribution is 2.13. The van der Waals surface area contributed by atoms with Gasteiger partial charge in [-0.2, -0.15) is 0 Å². The van der Waals surface area contributed by atoms with Gasteiger partial charge >= 0.3 is 5.97 Å².